The van der Waals surface area contributed by atoms with E-state index in [2.05, 4.69) is 10.4 Å². The van der Waals surface area contributed by atoms with Crippen molar-refractivity contribution in [1.82, 2.24) is 9.78 Å². The fraction of sp³-hybridized carbons (Fsp3) is 0.389. The third-order valence-electron chi connectivity index (χ3n) is 3.84. The van der Waals surface area contributed by atoms with Gasteiger partial charge in [0.25, 0.3) is 5.91 Å². The van der Waals surface area contributed by atoms with Crippen LogP contribution in [0.4, 0.5) is 5.82 Å². The fourth-order valence-electron chi connectivity index (χ4n) is 2.51. The number of rotatable bonds is 5. The molecule has 1 N–H and O–H groups in total. The number of benzene rings is 1. The van der Waals surface area contributed by atoms with Crippen LogP contribution in [0.15, 0.2) is 30.5 Å². The minimum absolute atomic E-state index is 0.0934. The Labute approximate surface area is 151 Å². The number of anilines is 1. The Morgan fingerprint density at radius 1 is 1.15 bits per heavy atom. The second kappa shape index (κ2) is 7.47. The van der Waals surface area contributed by atoms with Gasteiger partial charge in [0.15, 0.2) is 17.6 Å². The maximum absolute atomic E-state index is 12.3. The van der Waals surface area contributed by atoms with Gasteiger partial charge in [-0.15, -0.1) is 0 Å². The third kappa shape index (κ3) is 3.79. The number of nitrogens with one attached hydrogen (secondary N) is 1. The third-order valence-corrected chi connectivity index (χ3v) is 3.84. The summed E-state index contributed by atoms with van der Waals surface area (Å²) in [4.78, 5) is 24.6. The summed E-state index contributed by atoms with van der Waals surface area (Å²) in [6.07, 6.45) is 0.632. The van der Waals surface area contributed by atoms with E-state index in [-0.39, 0.29) is 6.04 Å². The minimum Gasteiger partial charge on any atom is -0.486 e. The lowest BCUT2D eigenvalue weighted by atomic mass is 10.2. The van der Waals surface area contributed by atoms with Crippen LogP contribution in [0.3, 0.4) is 0 Å². The molecule has 0 saturated carbocycles. The number of fused-ring (bicyclic) bond motifs is 1. The van der Waals surface area contributed by atoms with Gasteiger partial charge in [0.05, 0.1) is 11.8 Å². The second-order valence-corrected chi connectivity index (χ2v) is 6.15. The highest BCUT2D eigenvalue weighted by molar-refractivity contribution is 5.97. The van der Waals surface area contributed by atoms with Gasteiger partial charge in [0.2, 0.25) is 0 Å². The van der Waals surface area contributed by atoms with Crippen molar-refractivity contribution in [2.24, 2.45) is 0 Å². The Bertz CT molecular complexity index is 815. The lowest BCUT2D eigenvalue weighted by molar-refractivity contribution is -0.123. The van der Waals surface area contributed by atoms with Crippen LogP contribution in [0.25, 0.3) is 0 Å². The molecular formula is C18H21N3O5. The van der Waals surface area contributed by atoms with E-state index in [0.29, 0.717) is 36.1 Å². The molecule has 0 bridgehead atoms. The van der Waals surface area contributed by atoms with Gasteiger partial charge in [-0.1, -0.05) is 0 Å². The van der Waals surface area contributed by atoms with E-state index in [9.17, 15) is 9.59 Å². The number of hydrogen-bond acceptors (Lipinski definition) is 6. The summed E-state index contributed by atoms with van der Waals surface area (Å²) in [6, 6.07) is 6.56. The monoisotopic (exact) mass is 359 g/mol. The summed E-state index contributed by atoms with van der Waals surface area (Å²) in [5.74, 6) is 0.580. The number of ether oxygens (including phenoxy) is 3. The first kappa shape index (κ1) is 17.8. The number of carbonyl (C=O) groups excluding carboxylic acids is 2. The van der Waals surface area contributed by atoms with E-state index in [1.54, 1.807) is 35.1 Å². The van der Waals surface area contributed by atoms with Crippen molar-refractivity contribution < 1.29 is 23.8 Å². The van der Waals surface area contributed by atoms with Crippen molar-refractivity contribution in [2.45, 2.75) is 32.9 Å². The summed E-state index contributed by atoms with van der Waals surface area (Å²) in [5, 5.41) is 6.86. The van der Waals surface area contributed by atoms with E-state index in [1.807, 2.05) is 13.8 Å². The SMILES string of the molecule is CC(C)n1nccc1NC(=O)[C@H](C)OC(=O)c1ccc2c(c1)OCCO2. The smallest absolute Gasteiger partial charge is 0.339 e. The molecule has 0 fully saturated rings. The molecule has 0 saturated heterocycles. The van der Waals surface area contributed by atoms with Crippen LogP contribution in [0.5, 0.6) is 11.5 Å². The topological polar surface area (TPSA) is 91.7 Å². The van der Waals surface area contributed by atoms with Crippen LogP contribution in [-0.2, 0) is 9.53 Å². The fourth-order valence-corrected chi connectivity index (χ4v) is 2.51. The number of nitrogens with zero attached hydrogens (tertiary/aromatic N) is 2. The van der Waals surface area contributed by atoms with E-state index in [1.165, 1.54) is 6.92 Å². The molecule has 0 radical (unpaired) electrons. The molecule has 8 heteroatoms. The largest absolute Gasteiger partial charge is 0.486 e. The molecule has 1 aliphatic rings. The molecule has 8 nitrogen and oxygen atoms in total. The van der Waals surface area contributed by atoms with Crippen LogP contribution < -0.4 is 14.8 Å². The lowest BCUT2D eigenvalue weighted by Gasteiger charge is -2.19. The predicted molar refractivity (Wildman–Crippen MR) is 93.6 cm³/mol. The first-order chi connectivity index (χ1) is 12.5. The molecule has 0 unspecified atom stereocenters. The van der Waals surface area contributed by atoms with Crippen LogP contribution in [0.2, 0.25) is 0 Å². The molecule has 26 heavy (non-hydrogen) atoms. The van der Waals surface area contributed by atoms with Crippen LogP contribution >= 0.6 is 0 Å². The molecule has 2 aromatic rings. The molecular weight excluding hydrogens is 338 g/mol. The summed E-state index contributed by atoms with van der Waals surface area (Å²) in [6.45, 7) is 6.32. The molecule has 3 rings (SSSR count). The molecule has 1 atom stereocenters. The van der Waals surface area contributed by atoms with Gasteiger partial charge in [-0.25, -0.2) is 9.48 Å². The van der Waals surface area contributed by atoms with Crippen molar-refractivity contribution in [3.8, 4) is 11.5 Å². The van der Waals surface area contributed by atoms with Gasteiger partial charge in [-0.05, 0) is 39.0 Å². The van der Waals surface area contributed by atoms with E-state index in [0.717, 1.165) is 0 Å². The number of amides is 1. The highest BCUT2D eigenvalue weighted by atomic mass is 16.6. The molecule has 1 aromatic heterocycles. The normalized spacial score (nSPS) is 14.0. The molecule has 1 amide bonds. The standard InChI is InChI=1S/C18H21N3O5/c1-11(2)21-16(6-7-19-21)20-17(22)12(3)26-18(23)13-4-5-14-15(10-13)25-9-8-24-14/h4-7,10-12H,8-9H2,1-3H3,(H,20,22)/t12-/m0/s1. The first-order valence-corrected chi connectivity index (χ1v) is 8.40. The summed E-state index contributed by atoms with van der Waals surface area (Å²) >= 11 is 0. The molecule has 138 valence electrons. The molecule has 0 aliphatic carbocycles. The Morgan fingerprint density at radius 3 is 2.62 bits per heavy atom. The van der Waals surface area contributed by atoms with Crippen LogP contribution in [-0.4, -0.2) is 41.0 Å². The number of aromatic nitrogens is 2. The van der Waals surface area contributed by atoms with Gasteiger partial charge in [-0.2, -0.15) is 5.10 Å². The van der Waals surface area contributed by atoms with Crippen molar-refractivity contribution in [3.05, 3.63) is 36.0 Å². The zero-order chi connectivity index (χ0) is 18.7. The summed E-state index contributed by atoms with van der Waals surface area (Å²) in [5.41, 5.74) is 0.293. The molecule has 0 spiro atoms. The van der Waals surface area contributed by atoms with Gasteiger partial charge >= 0.3 is 5.97 Å². The first-order valence-electron chi connectivity index (χ1n) is 8.40. The van der Waals surface area contributed by atoms with Crippen LogP contribution in [0.1, 0.15) is 37.2 Å². The maximum Gasteiger partial charge on any atom is 0.339 e. The predicted octanol–water partition coefficient (Wildman–Crippen LogP) is 2.42. The Balaban J connectivity index is 1.63. The van der Waals surface area contributed by atoms with E-state index in [4.69, 9.17) is 14.2 Å². The van der Waals surface area contributed by atoms with Gasteiger partial charge in [0.1, 0.15) is 19.0 Å². The average molecular weight is 359 g/mol. The van der Waals surface area contributed by atoms with Crippen molar-refractivity contribution >= 4 is 17.7 Å². The Morgan fingerprint density at radius 2 is 1.88 bits per heavy atom. The molecule has 1 aliphatic heterocycles. The van der Waals surface area contributed by atoms with Gasteiger partial charge < -0.3 is 19.5 Å². The zero-order valence-electron chi connectivity index (χ0n) is 14.9. The zero-order valence-corrected chi connectivity index (χ0v) is 14.9. The average Bonchev–Trinajstić information content (AvgIpc) is 3.09. The van der Waals surface area contributed by atoms with Gasteiger partial charge in [-0.3, -0.25) is 4.79 Å². The summed E-state index contributed by atoms with van der Waals surface area (Å²) in [7, 11) is 0. The van der Waals surface area contributed by atoms with E-state index >= 15 is 0 Å². The van der Waals surface area contributed by atoms with Crippen molar-refractivity contribution in [3.63, 3.8) is 0 Å². The minimum atomic E-state index is -0.966. The Kier molecular flexibility index (Phi) is 5.11. The number of carbonyl (C=O) groups is 2. The molecule has 1 aromatic carbocycles. The van der Waals surface area contributed by atoms with Crippen molar-refractivity contribution in [1.29, 1.82) is 0 Å². The quantitative estimate of drug-likeness (QED) is 0.825. The second-order valence-electron chi connectivity index (χ2n) is 6.15. The highest BCUT2D eigenvalue weighted by Crippen LogP contribution is 2.31. The van der Waals surface area contributed by atoms with Crippen molar-refractivity contribution in [2.75, 3.05) is 18.5 Å². The highest BCUT2D eigenvalue weighted by Gasteiger charge is 2.22. The van der Waals surface area contributed by atoms with E-state index < -0.39 is 18.0 Å². The summed E-state index contributed by atoms with van der Waals surface area (Å²) < 4.78 is 17.8. The van der Waals surface area contributed by atoms with Crippen LogP contribution in [0, 0.1) is 0 Å². The Hall–Kier alpha value is -3.03. The van der Waals surface area contributed by atoms with Gasteiger partial charge in [0, 0.05) is 12.1 Å². The number of hydrogen-bond donors (Lipinski definition) is 1. The maximum atomic E-state index is 12.3. The lowest BCUT2D eigenvalue weighted by Crippen LogP contribution is -2.31. The molecule has 2 heterocycles. The number of esters is 1.